The van der Waals surface area contributed by atoms with Crippen molar-refractivity contribution in [3.63, 3.8) is 0 Å². The molecule has 0 aliphatic rings. The normalized spacial score (nSPS) is 10.2. The van der Waals surface area contributed by atoms with Crippen molar-refractivity contribution in [2.24, 2.45) is 7.05 Å². The predicted molar refractivity (Wildman–Crippen MR) is 67.4 cm³/mol. The van der Waals surface area contributed by atoms with Gasteiger partial charge in [0.05, 0.1) is 11.4 Å². The quantitative estimate of drug-likeness (QED) is 0.874. The van der Waals surface area contributed by atoms with Gasteiger partial charge in [0.15, 0.2) is 0 Å². The molecule has 0 aromatic carbocycles. The Morgan fingerprint density at radius 2 is 2.31 bits per heavy atom. The number of aromatic nitrogens is 2. The maximum atomic E-state index is 11.8. The van der Waals surface area contributed by atoms with Crippen LogP contribution >= 0.6 is 15.9 Å². The fraction of sp³-hybridized carbons (Fsp3) is 0.400. The molecule has 0 bridgehead atoms. The highest BCUT2D eigenvalue weighted by atomic mass is 79.9. The molecule has 5 nitrogen and oxygen atoms in total. The van der Waals surface area contributed by atoms with Gasteiger partial charge in [-0.25, -0.2) is 0 Å². The number of nitrogen functional groups attached to an aromatic ring is 1. The molecular formula is C10H15BrN4O. The van der Waals surface area contributed by atoms with Crippen molar-refractivity contribution in [1.29, 1.82) is 0 Å². The third-order valence-corrected chi connectivity index (χ3v) is 2.43. The summed E-state index contributed by atoms with van der Waals surface area (Å²) in [6, 6.07) is 0. The maximum absolute atomic E-state index is 11.8. The van der Waals surface area contributed by atoms with E-state index < -0.39 is 0 Å². The number of nitrogens with one attached hydrogen (secondary N) is 1. The second-order valence-electron chi connectivity index (χ2n) is 3.39. The number of amides is 1. The molecule has 0 fully saturated rings. The van der Waals surface area contributed by atoms with Gasteiger partial charge < -0.3 is 11.1 Å². The molecule has 1 rings (SSSR count). The Bertz CT molecular complexity index is 425. The van der Waals surface area contributed by atoms with Gasteiger partial charge in [0.25, 0.3) is 5.91 Å². The number of carbonyl (C=O) groups excluding carboxylic acids is 1. The van der Waals surface area contributed by atoms with Gasteiger partial charge in [-0.2, -0.15) is 5.10 Å². The first kappa shape index (κ1) is 12.8. The standard InChI is InChI=1S/C10H15BrN4O/c1-4-7-8(12)9(15(3)14-7)10(16)13-5-6(2)11/h2,4-5,12H2,1,3H3,(H,13,16). The van der Waals surface area contributed by atoms with Crippen LogP contribution in [0.5, 0.6) is 0 Å². The SMILES string of the molecule is C=C(Br)CNC(=O)c1c(N)c(CC)nn1C. The minimum atomic E-state index is -0.243. The fourth-order valence-electron chi connectivity index (χ4n) is 1.39. The van der Waals surface area contributed by atoms with E-state index in [1.807, 2.05) is 6.92 Å². The number of hydrogen-bond acceptors (Lipinski definition) is 3. The molecule has 0 atom stereocenters. The summed E-state index contributed by atoms with van der Waals surface area (Å²) in [6.45, 7) is 5.95. The van der Waals surface area contributed by atoms with Crippen LogP contribution in [0, 0.1) is 0 Å². The highest BCUT2D eigenvalue weighted by Crippen LogP contribution is 2.16. The summed E-state index contributed by atoms with van der Waals surface area (Å²) < 4.78 is 2.21. The van der Waals surface area contributed by atoms with Crippen LogP contribution in [0.1, 0.15) is 23.1 Å². The molecule has 16 heavy (non-hydrogen) atoms. The smallest absolute Gasteiger partial charge is 0.271 e. The average molecular weight is 287 g/mol. The Hall–Kier alpha value is -1.30. The summed E-state index contributed by atoms with van der Waals surface area (Å²) in [4.78, 5) is 11.8. The summed E-state index contributed by atoms with van der Waals surface area (Å²) in [7, 11) is 1.70. The van der Waals surface area contributed by atoms with E-state index in [0.29, 0.717) is 28.8 Å². The molecule has 1 amide bonds. The monoisotopic (exact) mass is 286 g/mol. The number of aryl methyl sites for hydroxylation is 2. The molecule has 0 radical (unpaired) electrons. The van der Waals surface area contributed by atoms with Crippen LogP contribution in [0.3, 0.4) is 0 Å². The second kappa shape index (κ2) is 5.16. The van der Waals surface area contributed by atoms with Gasteiger partial charge in [0, 0.05) is 18.1 Å². The molecule has 6 heteroatoms. The van der Waals surface area contributed by atoms with E-state index in [-0.39, 0.29) is 5.91 Å². The van der Waals surface area contributed by atoms with Gasteiger partial charge in [0.2, 0.25) is 0 Å². The van der Waals surface area contributed by atoms with Gasteiger partial charge in [-0.3, -0.25) is 9.48 Å². The number of rotatable bonds is 4. The lowest BCUT2D eigenvalue weighted by molar-refractivity contribution is 0.0949. The van der Waals surface area contributed by atoms with E-state index in [4.69, 9.17) is 5.73 Å². The molecule has 0 saturated heterocycles. The predicted octanol–water partition coefficient (Wildman–Crippen LogP) is 1.20. The molecule has 1 aromatic heterocycles. The van der Waals surface area contributed by atoms with Crippen molar-refractivity contribution in [2.45, 2.75) is 13.3 Å². The summed E-state index contributed by atoms with van der Waals surface area (Å²) >= 11 is 3.17. The molecule has 3 N–H and O–H groups in total. The van der Waals surface area contributed by atoms with Crippen LogP contribution in [0.2, 0.25) is 0 Å². The summed E-state index contributed by atoms with van der Waals surface area (Å²) in [6.07, 6.45) is 0.706. The van der Waals surface area contributed by atoms with Crippen LogP contribution in [0.4, 0.5) is 5.69 Å². The highest BCUT2D eigenvalue weighted by Gasteiger charge is 2.18. The molecular weight excluding hydrogens is 272 g/mol. The summed E-state index contributed by atoms with van der Waals surface area (Å²) in [5.74, 6) is -0.243. The second-order valence-corrected chi connectivity index (χ2v) is 4.51. The van der Waals surface area contributed by atoms with Crippen molar-refractivity contribution < 1.29 is 4.79 Å². The number of nitrogens with zero attached hydrogens (tertiary/aromatic N) is 2. The number of halogens is 1. The largest absolute Gasteiger partial charge is 0.395 e. The van der Waals surface area contributed by atoms with Crippen molar-refractivity contribution >= 4 is 27.5 Å². The molecule has 0 aliphatic carbocycles. The summed E-state index contributed by atoms with van der Waals surface area (Å²) in [5.41, 5.74) is 7.43. The lowest BCUT2D eigenvalue weighted by Crippen LogP contribution is -2.27. The van der Waals surface area contributed by atoms with Crippen LogP contribution in [0.15, 0.2) is 11.1 Å². The number of carbonyl (C=O) groups is 1. The Balaban J connectivity index is 2.90. The zero-order chi connectivity index (χ0) is 12.3. The van der Waals surface area contributed by atoms with E-state index in [0.717, 1.165) is 5.69 Å². The Morgan fingerprint density at radius 1 is 1.69 bits per heavy atom. The van der Waals surface area contributed by atoms with Gasteiger partial charge in [0.1, 0.15) is 5.69 Å². The van der Waals surface area contributed by atoms with E-state index in [2.05, 4.69) is 32.9 Å². The van der Waals surface area contributed by atoms with E-state index in [1.165, 1.54) is 4.68 Å². The molecule has 0 unspecified atom stereocenters. The molecule has 1 aromatic rings. The number of hydrogen-bond donors (Lipinski definition) is 2. The van der Waals surface area contributed by atoms with Gasteiger partial charge in [-0.1, -0.05) is 29.4 Å². The van der Waals surface area contributed by atoms with Gasteiger partial charge >= 0.3 is 0 Å². The third-order valence-electron chi connectivity index (χ3n) is 2.15. The summed E-state index contributed by atoms with van der Waals surface area (Å²) in [5, 5.41) is 6.86. The van der Waals surface area contributed by atoms with Crippen LogP contribution < -0.4 is 11.1 Å². The molecule has 1 heterocycles. The van der Waals surface area contributed by atoms with Crippen molar-refractivity contribution in [1.82, 2.24) is 15.1 Å². The minimum absolute atomic E-state index is 0.243. The first-order valence-corrected chi connectivity index (χ1v) is 5.69. The van der Waals surface area contributed by atoms with Crippen molar-refractivity contribution in [3.8, 4) is 0 Å². The van der Waals surface area contributed by atoms with E-state index >= 15 is 0 Å². The highest BCUT2D eigenvalue weighted by molar-refractivity contribution is 9.11. The topological polar surface area (TPSA) is 72.9 Å². The van der Waals surface area contributed by atoms with Crippen molar-refractivity contribution in [3.05, 3.63) is 22.4 Å². The average Bonchev–Trinajstić information content (AvgIpc) is 2.50. The van der Waals surface area contributed by atoms with Gasteiger partial charge in [-0.15, -0.1) is 0 Å². The molecule has 0 aliphatic heterocycles. The number of nitrogens with two attached hydrogens (primary N) is 1. The zero-order valence-corrected chi connectivity index (χ0v) is 11.0. The fourth-order valence-corrected chi connectivity index (χ4v) is 1.53. The minimum Gasteiger partial charge on any atom is -0.395 e. The lowest BCUT2D eigenvalue weighted by atomic mass is 10.2. The maximum Gasteiger partial charge on any atom is 0.271 e. The Morgan fingerprint density at radius 3 is 2.75 bits per heavy atom. The van der Waals surface area contributed by atoms with E-state index in [9.17, 15) is 4.79 Å². The molecule has 88 valence electrons. The zero-order valence-electron chi connectivity index (χ0n) is 9.38. The Labute approximate surface area is 103 Å². The first-order chi connectivity index (χ1) is 7.47. The number of anilines is 1. The molecule has 0 spiro atoms. The van der Waals surface area contributed by atoms with Crippen LogP contribution in [0.25, 0.3) is 0 Å². The Kier molecular flexibility index (Phi) is 4.12. The first-order valence-electron chi connectivity index (χ1n) is 4.90. The van der Waals surface area contributed by atoms with Crippen LogP contribution in [-0.2, 0) is 13.5 Å². The van der Waals surface area contributed by atoms with Crippen molar-refractivity contribution in [2.75, 3.05) is 12.3 Å². The van der Waals surface area contributed by atoms with E-state index in [1.54, 1.807) is 7.05 Å². The van der Waals surface area contributed by atoms with Gasteiger partial charge in [-0.05, 0) is 6.42 Å². The third kappa shape index (κ3) is 2.63. The lowest BCUT2D eigenvalue weighted by Gasteiger charge is -2.04. The van der Waals surface area contributed by atoms with Crippen LogP contribution in [-0.4, -0.2) is 22.2 Å². The molecule has 0 saturated carbocycles.